The molecule has 0 aromatic heterocycles. The highest BCUT2D eigenvalue weighted by atomic mass is 79.9. The topological polar surface area (TPSA) is 33.3 Å². The lowest BCUT2D eigenvalue weighted by molar-refractivity contribution is 0.199. The first-order valence-corrected chi connectivity index (χ1v) is 6.87. The zero-order valence-electron chi connectivity index (χ0n) is 10.6. The van der Waals surface area contributed by atoms with Gasteiger partial charge in [-0.1, -0.05) is 6.07 Å². The lowest BCUT2D eigenvalue weighted by Crippen LogP contribution is -2.24. The largest absolute Gasteiger partial charge is 0.383 e. The Labute approximate surface area is 116 Å². The van der Waals surface area contributed by atoms with Gasteiger partial charge in [-0.15, -0.1) is 0 Å². The molecule has 1 aromatic rings. The van der Waals surface area contributed by atoms with Gasteiger partial charge in [-0.3, -0.25) is 0 Å². The minimum atomic E-state index is -0.212. The smallest absolute Gasteiger partial charge is 0.137 e. The molecule has 1 rings (SSSR count). The molecule has 0 fully saturated rings. The van der Waals surface area contributed by atoms with E-state index in [0.29, 0.717) is 11.0 Å². The summed E-state index contributed by atoms with van der Waals surface area (Å²) in [5.41, 5.74) is 0.961. The molecular weight excluding hydrogens is 299 g/mol. The molecule has 0 aliphatic rings. The van der Waals surface area contributed by atoms with Crippen molar-refractivity contribution in [2.24, 2.45) is 0 Å². The molecule has 102 valence electrons. The molecule has 1 aromatic carbocycles. The van der Waals surface area contributed by atoms with E-state index in [9.17, 15) is 4.39 Å². The highest BCUT2D eigenvalue weighted by molar-refractivity contribution is 9.10. The summed E-state index contributed by atoms with van der Waals surface area (Å²) < 4.78 is 18.7. The third kappa shape index (κ3) is 6.44. The number of ether oxygens (including phenoxy) is 1. The van der Waals surface area contributed by atoms with Crippen molar-refractivity contribution in [1.29, 1.82) is 0 Å². The number of rotatable bonds is 9. The molecule has 0 aliphatic heterocycles. The monoisotopic (exact) mass is 318 g/mol. The second kappa shape index (κ2) is 9.44. The lowest BCUT2D eigenvalue weighted by atomic mass is 10.2. The Morgan fingerprint density at radius 3 is 2.72 bits per heavy atom. The fraction of sp³-hybridized carbons (Fsp3) is 0.538. The number of halogens is 2. The highest BCUT2D eigenvalue weighted by Crippen LogP contribution is 2.16. The van der Waals surface area contributed by atoms with Crippen molar-refractivity contribution < 1.29 is 9.13 Å². The molecule has 0 radical (unpaired) electrons. The molecule has 2 N–H and O–H groups in total. The SMILES string of the molecule is COCCNCCCNCc1ccc(Br)c(F)c1. The lowest BCUT2D eigenvalue weighted by Gasteiger charge is -2.06. The first kappa shape index (κ1) is 15.6. The molecule has 0 aliphatic carbocycles. The second-order valence-corrected chi connectivity index (χ2v) is 4.88. The molecule has 5 heteroatoms. The van der Waals surface area contributed by atoms with Crippen LogP contribution in [0.2, 0.25) is 0 Å². The van der Waals surface area contributed by atoms with E-state index in [2.05, 4.69) is 26.6 Å². The molecule has 0 atom stereocenters. The first-order valence-electron chi connectivity index (χ1n) is 6.08. The van der Waals surface area contributed by atoms with Crippen LogP contribution in [0.15, 0.2) is 22.7 Å². The van der Waals surface area contributed by atoms with Crippen LogP contribution in [0.3, 0.4) is 0 Å². The molecule has 0 amide bonds. The number of hydrogen-bond acceptors (Lipinski definition) is 3. The van der Waals surface area contributed by atoms with Gasteiger partial charge < -0.3 is 15.4 Å². The fourth-order valence-corrected chi connectivity index (χ4v) is 1.77. The van der Waals surface area contributed by atoms with Gasteiger partial charge in [-0.2, -0.15) is 0 Å². The Morgan fingerprint density at radius 1 is 1.22 bits per heavy atom. The molecule has 18 heavy (non-hydrogen) atoms. The average molecular weight is 319 g/mol. The van der Waals surface area contributed by atoms with Crippen molar-refractivity contribution in [3.05, 3.63) is 34.1 Å². The Hall–Kier alpha value is -0.490. The Balaban J connectivity index is 2.05. The van der Waals surface area contributed by atoms with E-state index in [0.717, 1.165) is 38.2 Å². The van der Waals surface area contributed by atoms with Gasteiger partial charge in [0, 0.05) is 20.2 Å². The van der Waals surface area contributed by atoms with Gasteiger partial charge >= 0.3 is 0 Å². The van der Waals surface area contributed by atoms with Crippen LogP contribution >= 0.6 is 15.9 Å². The van der Waals surface area contributed by atoms with Crippen molar-refractivity contribution in [2.45, 2.75) is 13.0 Å². The van der Waals surface area contributed by atoms with Gasteiger partial charge in [0.25, 0.3) is 0 Å². The van der Waals surface area contributed by atoms with E-state index < -0.39 is 0 Å². The standard InChI is InChI=1S/C13H20BrFN2O/c1-18-8-7-16-5-2-6-17-10-11-3-4-12(14)13(15)9-11/h3-4,9,16-17H,2,5-8,10H2,1H3. The van der Waals surface area contributed by atoms with Crippen LogP contribution in [0.5, 0.6) is 0 Å². The van der Waals surface area contributed by atoms with Gasteiger partial charge in [0.1, 0.15) is 5.82 Å². The van der Waals surface area contributed by atoms with Crippen LogP contribution in [-0.2, 0) is 11.3 Å². The minimum Gasteiger partial charge on any atom is -0.383 e. The number of methoxy groups -OCH3 is 1. The van der Waals surface area contributed by atoms with Gasteiger partial charge in [0.2, 0.25) is 0 Å². The van der Waals surface area contributed by atoms with Gasteiger partial charge in [-0.05, 0) is 53.1 Å². The fourth-order valence-electron chi connectivity index (χ4n) is 1.52. The second-order valence-electron chi connectivity index (χ2n) is 4.02. The zero-order chi connectivity index (χ0) is 13.2. The van der Waals surface area contributed by atoms with E-state index in [1.165, 1.54) is 0 Å². The van der Waals surface area contributed by atoms with Crippen LogP contribution in [0.1, 0.15) is 12.0 Å². The molecule has 0 spiro atoms. The van der Waals surface area contributed by atoms with Crippen LogP contribution < -0.4 is 10.6 Å². The maximum absolute atomic E-state index is 13.2. The zero-order valence-corrected chi connectivity index (χ0v) is 12.2. The van der Waals surface area contributed by atoms with E-state index >= 15 is 0 Å². The Kier molecular flexibility index (Phi) is 8.17. The van der Waals surface area contributed by atoms with Crippen molar-refractivity contribution in [3.63, 3.8) is 0 Å². The van der Waals surface area contributed by atoms with E-state index in [1.807, 2.05) is 6.07 Å². The molecular formula is C13H20BrFN2O. The number of benzene rings is 1. The molecule has 0 saturated carbocycles. The third-order valence-electron chi connectivity index (χ3n) is 2.50. The summed E-state index contributed by atoms with van der Waals surface area (Å²) in [5, 5.41) is 6.56. The highest BCUT2D eigenvalue weighted by Gasteiger charge is 1.99. The van der Waals surface area contributed by atoms with Crippen LogP contribution in [0.25, 0.3) is 0 Å². The van der Waals surface area contributed by atoms with Crippen molar-refractivity contribution in [3.8, 4) is 0 Å². The normalized spacial score (nSPS) is 10.8. The molecule has 0 heterocycles. The maximum Gasteiger partial charge on any atom is 0.137 e. The van der Waals surface area contributed by atoms with Gasteiger partial charge in [0.15, 0.2) is 0 Å². The summed E-state index contributed by atoms with van der Waals surface area (Å²) in [7, 11) is 1.70. The van der Waals surface area contributed by atoms with Gasteiger partial charge in [-0.25, -0.2) is 4.39 Å². The molecule has 0 saturated heterocycles. The van der Waals surface area contributed by atoms with Crippen molar-refractivity contribution in [1.82, 2.24) is 10.6 Å². The minimum absolute atomic E-state index is 0.212. The Bertz CT molecular complexity index is 350. The first-order chi connectivity index (χ1) is 8.74. The summed E-state index contributed by atoms with van der Waals surface area (Å²) in [5.74, 6) is -0.212. The maximum atomic E-state index is 13.2. The predicted molar refractivity (Wildman–Crippen MR) is 75.2 cm³/mol. The third-order valence-corrected chi connectivity index (χ3v) is 3.15. The predicted octanol–water partition coefficient (Wildman–Crippen LogP) is 2.30. The van der Waals surface area contributed by atoms with Crippen LogP contribution in [0.4, 0.5) is 4.39 Å². The van der Waals surface area contributed by atoms with Crippen LogP contribution in [-0.4, -0.2) is 33.4 Å². The summed E-state index contributed by atoms with van der Waals surface area (Å²) in [6.07, 6.45) is 1.04. The number of hydrogen-bond donors (Lipinski definition) is 2. The summed E-state index contributed by atoms with van der Waals surface area (Å²) >= 11 is 3.14. The van der Waals surface area contributed by atoms with E-state index in [4.69, 9.17) is 4.74 Å². The van der Waals surface area contributed by atoms with E-state index in [1.54, 1.807) is 19.2 Å². The summed E-state index contributed by atoms with van der Waals surface area (Å²) in [4.78, 5) is 0. The summed E-state index contributed by atoms with van der Waals surface area (Å²) in [6, 6.07) is 5.20. The Morgan fingerprint density at radius 2 is 2.00 bits per heavy atom. The summed E-state index contributed by atoms with van der Waals surface area (Å²) in [6.45, 7) is 4.20. The van der Waals surface area contributed by atoms with Crippen molar-refractivity contribution in [2.75, 3.05) is 33.4 Å². The van der Waals surface area contributed by atoms with Crippen molar-refractivity contribution >= 4 is 15.9 Å². The molecule has 3 nitrogen and oxygen atoms in total. The molecule has 0 bridgehead atoms. The number of nitrogens with one attached hydrogen (secondary N) is 2. The average Bonchev–Trinajstić information content (AvgIpc) is 2.37. The molecule has 0 unspecified atom stereocenters. The van der Waals surface area contributed by atoms with Gasteiger partial charge in [0.05, 0.1) is 11.1 Å². The van der Waals surface area contributed by atoms with E-state index in [-0.39, 0.29) is 5.82 Å². The quantitative estimate of drug-likeness (QED) is 0.685. The van der Waals surface area contributed by atoms with Crippen LogP contribution in [0, 0.1) is 5.82 Å².